The summed E-state index contributed by atoms with van der Waals surface area (Å²) in [5, 5.41) is 9.06. The molecule has 0 aromatic heterocycles. The molecular formula is C30H31N3O3. The van der Waals surface area contributed by atoms with Gasteiger partial charge in [0, 0.05) is 12.1 Å². The second kappa shape index (κ2) is 11.2. The van der Waals surface area contributed by atoms with Crippen molar-refractivity contribution in [3.05, 3.63) is 107 Å². The monoisotopic (exact) mass is 481 g/mol. The zero-order valence-electron chi connectivity index (χ0n) is 20.3. The van der Waals surface area contributed by atoms with Crippen molar-refractivity contribution in [1.29, 1.82) is 0 Å². The fourth-order valence-corrected chi connectivity index (χ4v) is 5.07. The molecule has 0 spiro atoms. The number of benzene rings is 3. The fourth-order valence-electron chi connectivity index (χ4n) is 5.07. The van der Waals surface area contributed by atoms with Crippen LogP contribution in [0, 0.1) is 5.92 Å². The molecular weight excluding hydrogens is 450 g/mol. The molecule has 6 heteroatoms. The highest BCUT2D eigenvalue weighted by Gasteiger charge is 2.32. The Hall–Kier alpha value is -3.93. The molecule has 1 unspecified atom stereocenters. The summed E-state index contributed by atoms with van der Waals surface area (Å²) < 4.78 is 5.55. The summed E-state index contributed by atoms with van der Waals surface area (Å²) in [5.41, 5.74) is 3.92. The topological polar surface area (TPSA) is 71.0 Å². The fraction of sp³-hybridized carbons (Fsp3) is 0.300. The van der Waals surface area contributed by atoms with Gasteiger partial charge in [-0.25, -0.2) is 5.01 Å². The minimum absolute atomic E-state index is 0.0306. The second-order valence-corrected chi connectivity index (χ2v) is 9.48. The summed E-state index contributed by atoms with van der Waals surface area (Å²) in [6.45, 7) is 0.853. The second-order valence-electron chi connectivity index (χ2n) is 9.48. The summed E-state index contributed by atoms with van der Waals surface area (Å²) in [5.74, 6) is 0.536. The Labute approximate surface area is 212 Å². The van der Waals surface area contributed by atoms with Gasteiger partial charge in [0.15, 0.2) is 6.61 Å². The standard InChI is InChI=1S/C30H31N3O3/c34-27-21-36-30(26-13-5-2-6-14-26)32-33(27)20-23-15-17-25(18-16-23)28(24-11-7-8-12-24)29(35)31-19-22-9-3-1-4-10-22/h1-6,9-10,13-18,24,28H,7-8,11-12,19-21H2,(H,31,35). The van der Waals surface area contributed by atoms with E-state index < -0.39 is 0 Å². The molecule has 1 aliphatic heterocycles. The van der Waals surface area contributed by atoms with Crippen LogP contribution in [0.2, 0.25) is 0 Å². The zero-order chi connectivity index (χ0) is 24.7. The number of hydrazone groups is 1. The average molecular weight is 482 g/mol. The molecule has 3 aromatic carbocycles. The number of hydrogen-bond acceptors (Lipinski definition) is 4. The van der Waals surface area contributed by atoms with Gasteiger partial charge in [-0.3, -0.25) is 9.59 Å². The largest absolute Gasteiger partial charge is 0.466 e. The van der Waals surface area contributed by atoms with E-state index in [1.165, 1.54) is 17.9 Å². The van der Waals surface area contributed by atoms with Crippen LogP contribution in [-0.2, 0) is 27.4 Å². The van der Waals surface area contributed by atoms with E-state index in [1.54, 1.807) is 0 Å². The molecule has 1 atom stereocenters. The Kier molecular flexibility index (Phi) is 7.41. The smallest absolute Gasteiger partial charge is 0.281 e. The van der Waals surface area contributed by atoms with Crippen molar-refractivity contribution >= 4 is 17.7 Å². The highest BCUT2D eigenvalue weighted by atomic mass is 16.5. The molecule has 1 heterocycles. The van der Waals surface area contributed by atoms with Crippen molar-refractivity contribution in [2.24, 2.45) is 11.0 Å². The van der Waals surface area contributed by atoms with E-state index in [1.807, 2.05) is 84.9 Å². The van der Waals surface area contributed by atoms with E-state index in [-0.39, 0.29) is 24.3 Å². The van der Waals surface area contributed by atoms with Crippen molar-refractivity contribution in [3.63, 3.8) is 0 Å². The summed E-state index contributed by atoms with van der Waals surface area (Å²) in [4.78, 5) is 25.8. The van der Waals surface area contributed by atoms with Gasteiger partial charge in [-0.05, 0) is 47.6 Å². The summed E-state index contributed by atoms with van der Waals surface area (Å²) in [6.07, 6.45) is 4.49. The number of carbonyl (C=O) groups excluding carboxylic acids is 2. The molecule has 3 aromatic rings. The molecule has 1 N–H and O–H groups in total. The Morgan fingerprint density at radius 1 is 0.917 bits per heavy atom. The van der Waals surface area contributed by atoms with Crippen molar-refractivity contribution in [1.82, 2.24) is 10.3 Å². The first-order chi connectivity index (χ1) is 17.7. The van der Waals surface area contributed by atoms with Crippen LogP contribution in [0.4, 0.5) is 0 Å². The average Bonchev–Trinajstić information content (AvgIpc) is 3.45. The molecule has 1 aliphatic carbocycles. The normalized spacial score (nSPS) is 16.8. The van der Waals surface area contributed by atoms with Crippen LogP contribution in [-0.4, -0.2) is 29.3 Å². The molecule has 1 fully saturated rings. The van der Waals surface area contributed by atoms with Crippen LogP contribution in [0.25, 0.3) is 0 Å². The van der Waals surface area contributed by atoms with Crippen LogP contribution in [0.15, 0.2) is 90.0 Å². The minimum Gasteiger partial charge on any atom is -0.466 e. The van der Waals surface area contributed by atoms with E-state index in [9.17, 15) is 9.59 Å². The van der Waals surface area contributed by atoms with Gasteiger partial charge in [-0.2, -0.15) is 0 Å². The molecule has 1 saturated carbocycles. The Morgan fingerprint density at radius 3 is 2.28 bits per heavy atom. The van der Waals surface area contributed by atoms with Crippen LogP contribution in [0.1, 0.15) is 53.9 Å². The Bertz CT molecular complexity index is 1200. The predicted octanol–water partition coefficient (Wildman–Crippen LogP) is 5.00. The number of ether oxygens (including phenoxy) is 1. The number of nitrogens with one attached hydrogen (secondary N) is 1. The van der Waals surface area contributed by atoms with Crippen LogP contribution >= 0.6 is 0 Å². The summed E-state index contributed by atoms with van der Waals surface area (Å²) in [7, 11) is 0. The maximum atomic E-state index is 13.3. The van der Waals surface area contributed by atoms with E-state index in [2.05, 4.69) is 10.4 Å². The number of amides is 2. The molecule has 36 heavy (non-hydrogen) atoms. The lowest BCUT2D eigenvalue weighted by molar-refractivity contribution is -0.136. The summed E-state index contributed by atoms with van der Waals surface area (Å²) in [6, 6.07) is 27.7. The quantitative estimate of drug-likeness (QED) is 0.492. The first-order valence-corrected chi connectivity index (χ1v) is 12.6. The Balaban J connectivity index is 1.30. The predicted molar refractivity (Wildman–Crippen MR) is 139 cm³/mol. The lowest BCUT2D eigenvalue weighted by Crippen LogP contribution is -2.36. The van der Waals surface area contributed by atoms with Crippen molar-refractivity contribution in [2.45, 2.75) is 44.7 Å². The molecule has 6 nitrogen and oxygen atoms in total. The Morgan fingerprint density at radius 2 is 1.58 bits per heavy atom. The molecule has 2 amide bonds. The number of nitrogens with zero attached hydrogens (tertiary/aromatic N) is 2. The van der Waals surface area contributed by atoms with Gasteiger partial charge in [0.25, 0.3) is 5.91 Å². The van der Waals surface area contributed by atoms with Crippen molar-refractivity contribution in [2.75, 3.05) is 6.61 Å². The molecule has 0 saturated heterocycles. The third-order valence-corrected chi connectivity index (χ3v) is 6.99. The first kappa shape index (κ1) is 23.8. The maximum Gasteiger partial charge on any atom is 0.281 e. The van der Waals surface area contributed by atoms with E-state index in [4.69, 9.17) is 4.74 Å². The lowest BCUT2D eigenvalue weighted by atomic mass is 9.83. The van der Waals surface area contributed by atoms with E-state index in [0.717, 1.165) is 35.1 Å². The van der Waals surface area contributed by atoms with Crippen LogP contribution in [0.5, 0.6) is 0 Å². The SMILES string of the molecule is O=C(NCc1ccccc1)C(c1ccc(CN2N=C(c3ccccc3)OCC2=O)cc1)C1CCCC1. The third kappa shape index (κ3) is 5.65. The number of carbonyl (C=O) groups is 2. The molecule has 0 bridgehead atoms. The van der Waals surface area contributed by atoms with E-state index in [0.29, 0.717) is 24.9 Å². The lowest BCUT2D eigenvalue weighted by Gasteiger charge is -2.25. The van der Waals surface area contributed by atoms with Crippen LogP contribution in [0.3, 0.4) is 0 Å². The van der Waals surface area contributed by atoms with Gasteiger partial charge >= 0.3 is 0 Å². The van der Waals surface area contributed by atoms with Gasteiger partial charge in [0.1, 0.15) is 0 Å². The van der Waals surface area contributed by atoms with Gasteiger partial charge in [0.05, 0.1) is 12.5 Å². The number of hydrogen-bond donors (Lipinski definition) is 1. The highest BCUT2D eigenvalue weighted by Crippen LogP contribution is 2.37. The van der Waals surface area contributed by atoms with Gasteiger partial charge in [-0.15, -0.1) is 5.10 Å². The molecule has 2 aliphatic rings. The minimum atomic E-state index is -0.178. The zero-order valence-corrected chi connectivity index (χ0v) is 20.3. The van der Waals surface area contributed by atoms with Gasteiger partial charge in [-0.1, -0.05) is 85.6 Å². The number of rotatable bonds is 8. The van der Waals surface area contributed by atoms with E-state index >= 15 is 0 Å². The van der Waals surface area contributed by atoms with Crippen molar-refractivity contribution < 1.29 is 14.3 Å². The van der Waals surface area contributed by atoms with Crippen LogP contribution < -0.4 is 5.32 Å². The highest BCUT2D eigenvalue weighted by molar-refractivity contribution is 5.97. The maximum absolute atomic E-state index is 13.3. The molecule has 5 rings (SSSR count). The van der Waals surface area contributed by atoms with Gasteiger partial charge in [0.2, 0.25) is 11.8 Å². The third-order valence-electron chi connectivity index (χ3n) is 6.99. The molecule has 184 valence electrons. The van der Waals surface area contributed by atoms with Crippen molar-refractivity contribution in [3.8, 4) is 0 Å². The summed E-state index contributed by atoms with van der Waals surface area (Å²) >= 11 is 0. The van der Waals surface area contributed by atoms with Gasteiger partial charge < -0.3 is 10.1 Å². The first-order valence-electron chi connectivity index (χ1n) is 12.6. The molecule has 0 radical (unpaired) electrons.